The molecule has 9 heteroatoms. The Morgan fingerprint density at radius 1 is 1.33 bits per heavy atom. The molecule has 24 heavy (non-hydrogen) atoms. The molecule has 1 heterocycles. The number of nitrogens with zero attached hydrogens (tertiary/aromatic N) is 4. The molecule has 0 aliphatic rings. The fourth-order valence-corrected chi connectivity index (χ4v) is 3.39. The maximum atomic E-state index is 12.2. The third-order valence-electron chi connectivity index (χ3n) is 3.77. The first-order valence-electron chi connectivity index (χ1n) is 7.93. The van der Waals surface area contributed by atoms with Crippen LogP contribution in [-0.2, 0) is 16.6 Å². The van der Waals surface area contributed by atoms with Gasteiger partial charge in [-0.25, -0.2) is 17.4 Å². The van der Waals surface area contributed by atoms with Crippen molar-refractivity contribution in [1.29, 1.82) is 0 Å². The molecule has 2 rings (SSSR count). The van der Waals surface area contributed by atoms with Crippen molar-refractivity contribution < 1.29 is 13.2 Å². The van der Waals surface area contributed by atoms with E-state index >= 15 is 0 Å². The summed E-state index contributed by atoms with van der Waals surface area (Å²) in [5.74, 6) is -0.203. The van der Waals surface area contributed by atoms with Gasteiger partial charge in [0.15, 0.2) is 0 Å². The molecule has 0 aliphatic carbocycles. The summed E-state index contributed by atoms with van der Waals surface area (Å²) in [7, 11) is -3.19. The minimum atomic E-state index is -3.19. The van der Waals surface area contributed by atoms with Crippen LogP contribution in [0.1, 0.15) is 30.6 Å². The lowest BCUT2D eigenvalue weighted by Gasteiger charge is -2.17. The van der Waals surface area contributed by atoms with Crippen LogP contribution in [0.25, 0.3) is 11.0 Å². The molecule has 0 atom stereocenters. The van der Waals surface area contributed by atoms with Gasteiger partial charge < -0.3 is 5.32 Å². The third-order valence-corrected chi connectivity index (χ3v) is 5.15. The van der Waals surface area contributed by atoms with E-state index in [1.807, 2.05) is 13.0 Å². The zero-order valence-electron chi connectivity index (χ0n) is 14.2. The number of amides is 1. The topological polar surface area (TPSA) is 97.2 Å². The Morgan fingerprint density at radius 2 is 2.08 bits per heavy atom. The SMILES string of the molecule is CCN(CCCNC(=O)c1ccc2c(c1)nnn2CC)S(C)(=O)=O. The number of rotatable bonds is 8. The fraction of sp³-hybridized carbons (Fsp3) is 0.533. The van der Waals surface area contributed by atoms with Crippen LogP contribution in [0, 0.1) is 0 Å². The molecular formula is C15H23N5O3S. The monoisotopic (exact) mass is 353 g/mol. The second-order valence-corrected chi connectivity index (χ2v) is 7.46. The summed E-state index contributed by atoms with van der Waals surface area (Å²) in [5.41, 5.74) is 2.08. The Labute approximate surface area is 141 Å². The Balaban J connectivity index is 1.91. The molecule has 0 radical (unpaired) electrons. The van der Waals surface area contributed by atoms with Crippen LogP contribution in [0.15, 0.2) is 18.2 Å². The highest BCUT2D eigenvalue weighted by Gasteiger charge is 2.14. The van der Waals surface area contributed by atoms with E-state index in [0.717, 1.165) is 12.1 Å². The van der Waals surface area contributed by atoms with Gasteiger partial charge in [0.1, 0.15) is 5.52 Å². The molecule has 0 saturated carbocycles. The van der Waals surface area contributed by atoms with Crippen molar-refractivity contribution in [1.82, 2.24) is 24.6 Å². The Kier molecular flexibility index (Phi) is 5.89. The van der Waals surface area contributed by atoms with Gasteiger partial charge in [0.25, 0.3) is 5.91 Å². The highest BCUT2D eigenvalue weighted by Crippen LogP contribution is 2.13. The van der Waals surface area contributed by atoms with E-state index in [1.165, 1.54) is 10.6 Å². The molecule has 1 N–H and O–H groups in total. The number of carbonyl (C=O) groups excluding carboxylic acids is 1. The summed E-state index contributed by atoms with van der Waals surface area (Å²) in [6.45, 7) is 5.71. The summed E-state index contributed by atoms with van der Waals surface area (Å²) in [6, 6.07) is 5.27. The lowest BCUT2D eigenvalue weighted by molar-refractivity contribution is 0.0953. The van der Waals surface area contributed by atoms with Crippen molar-refractivity contribution in [2.75, 3.05) is 25.9 Å². The van der Waals surface area contributed by atoms with E-state index in [2.05, 4.69) is 15.6 Å². The smallest absolute Gasteiger partial charge is 0.251 e. The molecule has 0 bridgehead atoms. The predicted molar refractivity (Wildman–Crippen MR) is 92.2 cm³/mol. The van der Waals surface area contributed by atoms with Crippen LogP contribution >= 0.6 is 0 Å². The molecule has 1 aromatic carbocycles. The van der Waals surface area contributed by atoms with E-state index in [0.29, 0.717) is 37.1 Å². The van der Waals surface area contributed by atoms with Crippen LogP contribution in [0.2, 0.25) is 0 Å². The molecule has 1 amide bonds. The zero-order chi connectivity index (χ0) is 17.7. The lowest BCUT2D eigenvalue weighted by Crippen LogP contribution is -2.33. The molecule has 0 unspecified atom stereocenters. The Morgan fingerprint density at radius 3 is 2.71 bits per heavy atom. The molecule has 0 fully saturated rings. The van der Waals surface area contributed by atoms with Crippen LogP contribution < -0.4 is 5.32 Å². The molecule has 2 aromatic rings. The van der Waals surface area contributed by atoms with Gasteiger partial charge in [-0.1, -0.05) is 12.1 Å². The average molecular weight is 353 g/mol. The zero-order valence-corrected chi connectivity index (χ0v) is 15.0. The van der Waals surface area contributed by atoms with Crippen molar-refractivity contribution in [3.05, 3.63) is 23.8 Å². The number of aryl methyl sites for hydroxylation is 1. The number of aromatic nitrogens is 3. The molecule has 8 nitrogen and oxygen atoms in total. The Bertz CT molecular complexity index is 816. The number of carbonyl (C=O) groups is 1. The van der Waals surface area contributed by atoms with E-state index < -0.39 is 10.0 Å². The number of hydrogen-bond donors (Lipinski definition) is 1. The molecule has 1 aromatic heterocycles. The highest BCUT2D eigenvalue weighted by molar-refractivity contribution is 7.88. The van der Waals surface area contributed by atoms with Crippen molar-refractivity contribution in [2.45, 2.75) is 26.8 Å². The predicted octanol–water partition coefficient (Wildman–Crippen LogP) is 0.853. The van der Waals surface area contributed by atoms with Gasteiger partial charge in [0.2, 0.25) is 10.0 Å². The molecule has 0 aliphatic heterocycles. The van der Waals surface area contributed by atoms with Crippen molar-refractivity contribution in [3.8, 4) is 0 Å². The maximum Gasteiger partial charge on any atom is 0.251 e. The molecular weight excluding hydrogens is 330 g/mol. The van der Waals surface area contributed by atoms with Crippen LogP contribution in [0.4, 0.5) is 0 Å². The third kappa shape index (κ3) is 4.30. The minimum Gasteiger partial charge on any atom is -0.352 e. The molecule has 0 saturated heterocycles. The van der Waals surface area contributed by atoms with Gasteiger partial charge in [0.05, 0.1) is 11.8 Å². The number of hydrogen-bond acceptors (Lipinski definition) is 5. The Hall–Kier alpha value is -2.00. The van der Waals surface area contributed by atoms with Gasteiger partial charge in [-0.3, -0.25) is 4.79 Å². The first kappa shape index (κ1) is 18.3. The number of sulfonamides is 1. The first-order valence-corrected chi connectivity index (χ1v) is 9.78. The van der Waals surface area contributed by atoms with Gasteiger partial charge >= 0.3 is 0 Å². The largest absolute Gasteiger partial charge is 0.352 e. The lowest BCUT2D eigenvalue weighted by atomic mass is 10.2. The highest BCUT2D eigenvalue weighted by atomic mass is 32.2. The van der Waals surface area contributed by atoms with Crippen LogP contribution in [0.5, 0.6) is 0 Å². The van der Waals surface area contributed by atoms with Gasteiger partial charge in [-0.05, 0) is 31.5 Å². The van der Waals surface area contributed by atoms with Crippen molar-refractivity contribution in [2.24, 2.45) is 0 Å². The second kappa shape index (κ2) is 7.71. The number of nitrogens with one attached hydrogen (secondary N) is 1. The van der Waals surface area contributed by atoms with Gasteiger partial charge in [0, 0.05) is 31.7 Å². The summed E-state index contributed by atoms with van der Waals surface area (Å²) in [6.07, 6.45) is 1.74. The summed E-state index contributed by atoms with van der Waals surface area (Å²) < 4.78 is 26.1. The second-order valence-electron chi connectivity index (χ2n) is 5.47. The van der Waals surface area contributed by atoms with E-state index in [-0.39, 0.29) is 5.91 Å². The quantitative estimate of drug-likeness (QED) is 0.710. The van der Waals surface area contributed by atoms with Crippen LogP contribution in [0.3, 0.4) is 0 Å². The maximum absolute atomic E-state index is 12.2. The first-order chi connectivity index (χ1) is 11.4. The number of fused-ring (bicyclic) bond motifs is 1. The van der Waals surface area contributed by atoms with E-state index in [4.69, 9.17) is 0 Å². The summed E-state index contributed by atoms with van der Waals surface area (Å²) >= 11 is 0. The minimum absolute atomic E-state index is 0.203. The van der Waals surface area contributed by atoms with Gasteiger partial charge in [-0.15, -0.1) is 5.10 Å². The van der Waals surface area contributed by atoms with Crippen molar-refractivity contribution >= 4 is 27.0 Å². The van der Waals surface area contributed by atoms with Gasteiger partial charge in [-0.2, -0.15) is 0 Å². The fourth-order valence-electron chi connectivity index (χ4n) is 2.46. The normalized spacial score (nSPS) is 12.0. The van der Waals surface area contributed by atoms with Crippen molar-refractivity contribution in [3.63, 3.8) is 0 Å². The summed E-state index contributed by atoms with van der Waals surface area (Å²) in [4.78, 5) is 12.2. The summed E-state index contributed by atoms with van der Waals surface area (Å²) in [5, 5.41) is 10.9. The number of benzene rings is 1. The van der Waals surface area contributed by atoms with E-state index in [9.17, 15) is 13.2 Å². The molecule has 132 valence electrons. The standard InChI is InChI=1S/C15H23N5O3S/c1-4-19(24(3,22)23)10-6-9-16-15(21)12-7-8-14-13(11-12)17-18-20(14)5-2/h7-8,11H,4-6,9-10H2,1-3H3,(H,16,21). The average Bonchev–Trinajstić information content (AvgIpc) is 2.95. The van der Waals surface area contributed by atoms with Crippen LogP contribution in [-0.4, -0.2) is 59.5 Å². The molecule has 0 spiro atoms. The van der Waals surface area contributed by atoms with E-state index in [1.54, 1.807) is 23.7 Å².